The smallest absolute Gasteiger partial charge is 0.194 e. The van der Waals surface area contributed by atoms with Gasteiger partial charge in [-0.05, 0) is 23.8 Å². The summed E-state index contributed by atoms with van der Waals surface area (Å²) >= 11 is 0. The SMILES string of the molecule is O=C1c2ccccc2-c2c1cccc2-n1cccc1. The van der Waals surface area contributed by atoms with Crippen LogP contribution in [0.2, 0.25) is 0 Å². The van der Waals surface area contributed by atoms with E-state index in [1.807, 2.05) is 71.6 Å². The van der Waals surface area contributed by atoms with Gasteiger partial charge in [-0.3, -0.25) is 4.79 Å². The van der Waals surface area contributed by atoms with Crippen molar-refractivity contribution in [1.82, 2.24) is 4.57 Å². The number of nitrogens with zero attached hydrogens (tertiary/aromatic N) is 1. The third-order valence-electron chi connectivity index (χ3n) is 3.61. The largest absolute Gasteiger partial charge is 0.323 e. The number of ketones is 1. The van der Waals surface area contributed by atoms with E-state index in [0.717, 1.165) is 27.9 Å². The van der Waals surface area contributed by atoms with Gasteiger partial charge in [-0.25, -0.2) is 0 Å². The summed E-state index contributed by atoms with van der Waals surface area (Å²) in [5, 5.41) is 0. The van der Waals surface area contributed by atoms with E-state index in [0.29, 0.717) is 0 Å². The van der Waals surface area contributed by atoms with Crippen molar-refractivity contribution >= 4 is 5.78 Å². The number of hydrogen-bond acceptors (Lipinski definition) is 1. The second-order valence-corrected chi connectivity index (χ2v) is 4.66. The summed E-state index contributed by atoms with van der Waals surface area (Å²) in [6.45, 7) is 0. The van der Waals surface area contributed by atoms with E-state index in [1.54, 1.807) is 0 Å². The van der Waals surface area contributed by atoms with Crippen molar-refractivity contribution in [1.29, 1.82) is 0 Å². The topological polar surface area (TPSA) is 22.0 Å². The third-order valence-corrected chi connectivity index (χ3v) is 3.61. The maximum atomic E-state index is 12.4. The highest BCUT2D eigenvalue weighted by molar-refractivity contribution is 6.22. The van der Waals surface area contributed by atoms with Crippen LogP contribution in [0.1, 0.15) is 15.9 Å². The van der Waals surface area contributed by atoms with Crippen molar-refractivity contribution in [3.8, 4) is 16.8 Å². The molecule has 2 heteroatoms. The number of carbonyl (C=O) groups is 1. The minimum atomic E-state index is 0.125. The summed E-state index contributed by atoms with van der Waals surface area (Å²) in [6.07, 6.45) is 4.00. The van der Waals surface area contributed by atoms with E-state index in [4.69, 9.17) is 0 Å². The van der Waals surface area contributed by atoms with Crippen molar-refractivity contribution in [2.45, 2.75) is 0 Å². The first kappa shape index (κ1) is 10.3. The average Bonchev–Trinajstić information content (AvgIpc) is 3.08. The number of aromatic nitrogens is 1. The van der Waals surface area contributed by atoms with Crippen molar-refractivity contribution < 1.29 is 4.79 Å². The Morgan fingerprint density at radius 2 is 1.37 bits per heavy atom. The van der Waals surface area contributed by atoms with E-state index in [-0.39, 0.29) is 5.78 Å². The number of benzene rings is 2. The summed E-state index contributed by atoms with van der Waals surface area (Å²) in [7, 11) is 0. The van der Waals surface area contributed by atoms with Crippen LogP contribution in [0.25, 0.3) is 16.8 Å². The lowest BCUT2D eigenvalue weighted by Gasteiger charge is -2.09. The molecule has 0 atom stereocenters. The molecule has 0 aliphatic heterocycles. The molecule has 2 aromatic carbocycles. The van der Waals surface area contributed by atoms with Crippen LogP contribution < -0.4 is 0 Å². The monoisotopic (exact) mass is 245 g/mol. The maximum absolute atomic E-state index is 12.4. The predicted octanol–water partition coefficient (Wildman–Crippen LogP) is 3.69. The first-order valence-corrected chi connectivity index (χ1v) is 6.27. The van der Waals surface area contributed by atoms with Crippen LogP contribution in [0.4, 0.5) is 0 Å². The minimum absolute atomic E-state index is 0.125. The van der Waals surface area contributed by atoms with Gasteiger partial charge in [0, 0.05) is 29.1 Å². The normalized spacial score (nSPS) is 12.3. The Morgan fingerprint density at radius 3 is 2.16 bits per heavy atom. The molecule has 0 saturated heterocycles. The van der Waals surface area contributed by atoms with Gasteiger partial charge in [-0.2, -0.15) is 0 Å². The van der Waals surface area contributed by atoms with Gasteiger partial charge in [-0.1, -0.05) is 36.4 Å². The van der Waals surface area contributed by atoms with E-state index in [1.165, 1.54) is 0 Å². The van der Waals surface area contributed by atoms with Crippen LogP contribution in [-0.4, -0.2) is 10.4 Å². The lowest BCUT2D eigenvalue weighted by molar-refractivity contribution is 0.104. The van der Waals surface area contributed by atoms with Crippen LogP contribution in [0.15, 0.2) is 67.0 Å². The fourth-order valence-corrected chi connectivity index (χ4v) is 2.77. The molecule has 90 valence electrons. The Balaban J connectivity index is 2.09. The standard InChI is InChI=1S/C17H11NO/c19-17-13-7-2-1-6-12(13)16-14(17)8-5-9-15(16)18-10-3-4-11-18/h1-11H. The number of rotatable bonds is 1. The Kier molecular flexibility index (Phi) is 2.00. The quantitative estimate of drug-likeness (QED) is 0.501. The van der Waals surface area contributed by atoms with Crippen LogP contribution in [0.5, 0.6) is 0 Å². The zero-order chi connectivity index (χ0) is 12.8. The second kappa shape index (κ2) is 3.69. The molecule has 0 amide bonds. The van der Waals surface area contributed by atoms with Crippen LogP contribution in [-0.2, 0) is 0 Å². The van der Waals surface area contributed by atoms with Crippen molar-refractivity contribution in [3.05, 3.63) is 78.1 Å². The van der Waals surface area contributed by atoms with Gasteiger partial charge in [0.05, 0.1) is 5.69 Å². The van der Waals surface area contributed by atoms with Gasteiger partial charge < -0.3 is 4.57 Å². The van der Waals surface area contributed by atoms with Crippen LogP contribution in [0, 0.1) is 0 Å². The molecular weight excluding hydrogens is 234 g/mol. The van der Waals surface area contributed by atoms with Gasteiger partial charge in [0.25, 0.3) is 0 Å². The summed E-state index contributed by atoms with van der Waals surface area (Å²) in [5.41, 5.74) is 4.73. The molecule has 19 heavy (non-hydrogen) atoms. The van der Waals surface area contributed by atoms with Crippen molar-refractivity contribution in [2.24, 2.45) is 0 Å². The highest BCUT2D eigenvalue weighted by Gasteiger charge is 2.28. The molecule has 0 spiro atoms. The van der Waals surface area contributed by atoms with E-state index < -0.39 is 0 Å². The molecule has 3 aromatic rings. The van der Waals surface area contributed by atoms with Crippen molar-refractivity contribution in [3.63, 3.8) is 0 Å². The molecule has 1 heterocycles. The molecule has 2 nitrogen and oxygen atoms in total. The van der Waals surface area contributed by atoms with Crippen LogP contribution in [0.3, 0.4) is 0 Å². The third kappa shape index (κ3) is 1.34. The Bertz CT molecular complexity index is 785. The first-order valence-electron chi connectivity index (χ1n) is 6.27. The predicted molar refractivity (Wildman–Crippen MR) is 74.6 cm³/mol. The Morgan fingerprint density at radius 1 is 0.684 bits per heavy atom. The summed E-state index contributed by atoms with van der Waals surface area (Å²) in [5.74, 6) is 0.125. The van der Waals surface area contributed by atoms with Crippen molar-refractivity contribution in [2.75, 3.05) is 0 Å². The molecule has 0 fully saturated rings. The molecule has 1 aliphatic rings. The Hall–Kier alpha value is -2.61. The number of fused-ring (bicyclic) bond motifs is 3. The molecule has 1 aliphatic carbocycles. The molecular formula is C17H11NO. The maximum Gasteiger partial charge on any atom is 0.194 e. The highest BCUT2D eigenvalue weighted by Crippen LogP contribution is 2.40. The fraction of sp³-hybridized carbons (Fsp3) is 0. The average molecular weight is 245 g/mol. The van der Waals surface area contributed by atoms with E-state index in [2.05, 4.69) is 0 Å². The van der Waals surface area contributed by atoms with Crippen LogP contribution >= 0.6 is 0 Å². The van der Waals surface area contributed by atoms with Gasteiger partial charge in [-0.15, -0.1) is 0 Å². The lowest BCUT2D eigenvalue weighted by atomic mass is 10.0. The van der Waals surface area contributed by atoms with E-state index in [9.17, 15) is 4.79 Å². The van der Waals surface area contributed by atoms with Gasteiger partial charge in [0.15, 0.2) is 5.78 Å². The molecule has 0 bridgehead atoms. The van der Waals surface area contributed by atoms with Gasteiger partial charge in [0.2, 0.25) is 0 Å². The molecule has 0 radical (unpaired) electrons. The first-order chi connectivity index (χ1) is 9.36. The lowest BCUT2D eigenvalue weighted by Crippen LogP contribution is -1.97. The highest BCUT2D eigenvalue weighted by atomic mass is 16.1. The molecule has 0 N–H and O–H groups in total. The number of hydrogen-bond donors (Lipinski definition) is 0. The minimum Gasteiger partial charge on any atom is -0.323 e. The number of carbonyl (C=O) groups excluding carboxylic acids is 1. The van der Waals surface area contributed by atoms with E-state index >= 15 is 0 Å². The molecule has 1 aromatic heterocycles. The zero-order valence-electron chi connectivity index (χ0n) is 10.2. The summed E-state index contributed by atoms with van der Waals surface area (Å²) < 4.78 is 2.05. The van der Waals surface area contributed by atoms with Gasteiger partial charge >= 0.3 is 0 Å². The molecule has 0 saturated carbocycles. The zero-order valence-corrected chi connectivity index (χ0v) is 10.2. The fourth-order valence-electron chi connectivity index (χ4n) is 2.77. The summed E-state index contributed by atoms with van der Waals surface area (Å²) in [6, 6.07) is 17.7. The summed E-state index contributed by atoms with van der Waals surface area (Å²) in [4.78, 5) is 12.4. The Labute approximate surface area is 110 Å². The molecule has 4 rings (SSSR count). The second-order valence-electron chi connectivity index (χ2n) is 4.66. The molecule has 0 unspecified atom stereocenters. The van der Waals surface area contributed by atoms with Gasteiger partial charge in [0.1, 0.15) is 0 Å².